The molecule has 1 fully saturated rings. The highest BCUT2D eigenvalue weighted by molar-refractivity contribution is 5.98. The molecule has 0 spiro atoms. The van der Waals surface area contributed by atoms with Gasteiger partial charge in [-0.25, -0.2) is 0 Å². The Kier molecular flexibility index (Phi) is 3.03. The van der Waals surface area contributed by atoms with Gasteiger partial charge in [0, 0.05) is 36.3 Å². The van der Waals surface area contributed by atoms with E-state index in [0.29, 0.717) is 11.6 Å². The monoisotopic (exact) mass is 257 g/mol. The minimum atomic E-state index is -0.247. The van der Waals surface area contributed by atoms with E-state index in [-0.39, 0.29) is 6.10 Å². The first kappa shape index (κ1) is 12.2. The van der Waals surface area contributed by atoms with Crippen molar-refractivity contribution >= 4 is 22.3 Å². The van der Waals surface area contributed by atoms with Crippen molar-refractivity contribution in [1.82, 2.24) is 4.98 Å². The maximum atomic E-state index is 9.72. The van der Waals surface area contributed by atoms with E-state index in [4.69, 9.17) is 5.73 Å². The van der Waals surface area contributed by atoms with Crippen LogP contribution in [0, 0.1) is 5.92 Å². The first-order chi connectivity index (χ1) is 9.16. The van der Waals surface area contributed by atoms with Crippen LogP contribution in [-0.2, 0) is 0 Å². The predicted molar refractivity (Wildman–Crippen MR) is 78.2 cm³/mol. The molecule has 2 aromatic rings. The Morgan fingerprint density at radius 1 is 1.42 bits per heavy atom. The number of pyridine rings is 1. The molecule has 1 aromatic carbocycles. The SMILES string of the molecule is CC(O)C1CCN(c2ccnc3c(N)cccc23)C1. The molecule has 0 aliphatic carbocycles. The molecule has 3 rings (SSSR count). The number of aliphatic hydroxyl groups excluding tert-OH is 1. The molecule has 4 nitrogen and oxygen atoms in total. The molecular formula is C15H19N3O. The van der Waals surface area contributed by atoms with Crippen molar-refractivity contribution in [1.29, 1.82) is 0 Å². The van der Waals surface area contributed by atoms with Crippen LogP contribution < -0.4 is 10.6 Å². The lowest BCUT2D eigenvalue weighted by atomic mass is 10.0. The average Bonchev–Trinajstić information content (AvgIpc) is 2.88. The van der Waals surface area contributed by atoms with E-state index in [9.17, 15) is 5.11 Å². The second-order valence-electron chi connectivity index (χ2n) is 5.31. The van der Waals surface area contributed by atoms with Crippen molar-refractivity contribution in [2.45, 2.75) is 19.4 Å². The fourth-order valence-corrected chi connectivity index (χ4v) is 2.86. The highest BCUT2D eigenvalue weighted by atomic mass is 16.3. The number of aromatic nitrogens is 1. The highest BCUT2D eigenvalue weighted by Crippen LogP contribution is 2.32. The fraction of sp³-hybridized carbons (Fsp3) is 0.400. The summed E-state index contributed by atoms with van der Waals surface area (Å²) in [6.07, 6.45) is 2.59. The van der Waals surface area contributed by atoms with Crippen molar-refractivity contribution in [3.8, 4) is 0 Å². The molecule has 1 aromatic heterocycles. The van der Waals surface area contributed by atoms with Crippen LogP contribution in [-0.4, -0.2) is 29.3 Å². The topological polar surface area (TPSA) is 62.4 Å². The Morgan fingerprint density at radius 3 is 3.00 bits per heavy atom. The largest absolute Gasteiger partial charge is 0.397 e. The molecule has 0 radical (unpaired) electrons. The third-order valence-electron chi connectivity index (χ3n) is 4.03. The van der Waals surface area contributed by atoms with Crippen molar-refractivity contribution in [3.05, 3.63) is 30.5 Å². The Bertz CT molecular complexity index is 597. The van der Waals surface area contributed by atoms with Gasteiger partial charge >= 0.3 is 0 Å². The molecule has 1 aliphatic rings. The van der Waals surface area contributed by atoms with E-state index in [2.05, 4.69) is 16.0 Å². The van der Waals surface area contributed by atoms with Crippen molar-refractivity contribution in [2.75, 3.05) is 23.7 Å². The van der Waals surface area contributed by atoms with Crippen molar-refractivity contribution in [2.24, 2.45) is 5.92 Å². The number of aliphatic hydroxyl groups is 1. The van der Waals surface area contributed by atoms with Crippen LogP contribution in [0.1, 0.15) is 13.3 Å². The van der Waals surface area contributed by atoms with Gasteiger partial charge in [-0.2, -0.15) is 0 Å². The number of nitrogens with zero attached hydrogens (tertiary/aromatic N) is 2. The second kappa shape index (κ2) is 4.70. The zero-order valence-electron chi connectivity index (χ0n) is 11.1. The van der Waals surface area contributed by atoms with Crippen LogP contribution in [0.5, 0.6) is 0 Å². The van der Waals surface area contributed by atoms with Gasteiger partial charge in [0.25, 0.3) is 0 Å². The summed E-state index contributed by atoms with van der Waals surface area (Å²) >= 11 is 0. The van der Waals surface area contributed by atoms with Crippen LogP contribution in [0.3, 0.4) is 0 Å². The number of anilines is 2. The number of rotatable bonds is 2. The molecule has 2 heterocycles. The van der Waals surface area contributed by atoms with E-state index < -0.39 is 0 Å². The van der Waals surface area contributed by atoms with Crippen LogP contribution in [0.2, 0.25) is 0 Å². The molecule has 0 bridgehead atoms. The maximum absolute atomic E-state index is 9.72. The van der Waals surface area contributed by atoms with Crippen LogP contribution in [0.15, 0.2) is 30.5 Å². The number of nitrogens with two attached hydrogens (primary N) is 1. The zero-order chi connectivity index (χ0) is 13.4. The van der Waals surface area contributed by atoms with E-state index >= 15 is 0 Å². The molecule has 0 saturated carbocycles. The van der Waals surface area contributed by atoms with Crippen LogP contribution in [0.25, 0.3) is 10.9 Å². The first-order valence-electron chi connectivity index (χ1n) is 6.73. The fourth-order valence-electron chi connectivity index (χ4n) is 2.86. The molecule has 2 unspecified atom stereocenters. The quantitative estimate of drug-likeness (QED) is 0.808. The van der Waals surface area contributed by atoms with Gasteiger partial charge in [0.2, 0.25) is 0 Å². The Balaban J connectivity index is 2.00. The molecule has 1 saturated heterocycles. The lowest BCUT2D eigenvalue weighted by molar-refractivity contribution is 0.136. The van der Waals surface area contributed by atoms with Gasteiger partial charge in [-0.05, 0) is 25.5 Å². The van der Waals surface area contributed by atoms with Gasteiger partial charge in [-0.3, -0.25) is 4.98 Å². The highest BCUT2D eigenvalue weighted by Gasteiger charge is 2.27. The molecule has 100 valence electrons. The van der Waals surface area contributed by atoms with E-state index in [1.165, 1.54) is 5.69 Å². The Labute approximate surface area is 112 Å². The molecule has 0 amide bonds. The van der Waals surface area contributed by atoms with Crippen molar-refractivity contribution < 1.29 is 5.11 Å². The predicted octanol–water partition coefficient (Wildman–Crippen LogP) is 2.02. The van der Waals surface area contributed by atoms with Crippen molar-refractivity contribution in [3.63, 3.8) is 0 Å². The number of hydrogen-bond acceptors (Lipinski definition) is 4. The smallest absolute Gasteiger partial charge is 0.0951 e. The summed E-state index contributed by atoms with van der Waals surface area (Å²) in [6.45, 7) is 3.74. The van der Waals surface area contributed by atoms with Gasteiger partial charge < -0.3 is 15.7 Å². The van der Waals surface area contributed by atoms with Gasteiger partial charge in [0.05, 0.1) is 17.3 Å². The summed E-state index contributed by atoms with van der Waals surface area (Å²) in [5, 5.41) is 10.8. The Morgan fingerprint density at radius 2 is 2.26 bits per heavy atom. The van der Waals surface area contributed by atoms with E-state index in [1.54, 1.807) is 0 Å². The number of nitrogen functional groups attached to an aromatic ring is 1. The Hall–Kier alpha value is -1.81. The first-order valence-corrected chi connectivity index (χ1v) is 6.73. The van der Waals surface area contributed by atoms with Crippen LogP contribution >= 0.6 is 0 Å². The summed E-state index contributed by atoms with van der Waals surface area (Å²) in [5.41, 5.74) is 8.72. The van der Waals surface area contributed by atoms with Crippen LogP contribution in [0.4, 0.5) is 11.4 Å². The summed E-state index contributed by atoms with van der Waals surface area (Å²) in [4.78, 5) is 6.69. The lowest BCUT2D eigenvalue weighted by Gasteiger charge is -2.21. The molecule has 3 N–H and O–H groups in total. The molecule has 19 heavy (non-hydrogen) atoms. The summed E-state index contributed by atoms with van der Waals surface area (Å²) in [7, 11) is 0. The third-order valence-corrected chi connectivity index (χ3v) is 4.03. The third kappa shape index (κ3) is 2.12. The van der Waals surface area contributed by atoms with Gasteiger partial charge in [-0.1, -0.05) is 12.1 Å². The summed E-state index contributed by atoms with van der Waals surface area (Å²) in [6, 6.07) is 7.93. The molecule has 4 heteroatoms. The average molecular weight is 257 g/mol. The lowest BCUT2D eigenvalue weighted by Crippen LogP contribution is -2.24. The van der Waals surface area contributed by atoms with E-state index in [1.807, 2.05) is 31.3 Å². The molecule has 1 aliphatic heterocycles. The normalized spacial score (nSPS) is 20.9. The van der Waals surface area contributed by atoms with Gasteiger partial charge in [0.1, 0.15) is 0 Å². The van der Waals surface area contributed by atoms with Gasteiger partial charge in [0.15, 0.2) is 0 Å². The molecule has 2 atom stereocenters. The zero-order valence-corrected chi connectivity index (χ0v) is 11.1. The minimum Gasteiger partial charge on any atom is -0.397 e. The number of hydrogen-bond donors (Lipinski definition) is 2. The number of fused-ring (bicyclic) bond motifs is 1. The minimum absolute atomic E-state index is 0.247. The van der Waals surface area contributed by atoms with E-state index in [0.717, 1.165) is 30.4 Å². The number of benzene rings is 1. The summed E-state index contributed by atoms with van der Waals surface area (Å²) in [5.74, 6) is 0.351. The standard InChI is InChI=1S/C15H19N3O/c1-10(19)11-6-8-18(9-11)14-5-7-17-15-12(14)3-2-4-13(15)16/h2-5,7,10-11,19H,6,8-9,16H2,1H3. The number of para-hydroxylation sites is 1. The maximum Gasteiger partial charge on any atom is 0.0951 e. The second-order valence-corrected chi connectivity index (χ2v) is 5.31. The molecular weight excluding hydrogens is 238 g/mol. The van der Waals surface area contributed by atoms with Gasteiger partial charge in [-0.15, -0.1) is 0 Å². The summed E-state index contributed by atoms with van der Waals surface area (Å²) < 4.78 is 0.